The van der Waals surface area contributed by atoms with Crippen LogP contribution in [0.2, 0.25) is 0 Å². The molecule has 3 aliphatic rings. The first-order valence-corrected chi connectivity index (χ1v) is 25.7. The van der Waals surface area contributed by atoms with Crippen LogP contribution in [0.4, 0.5) is 17.1 Å². The zero-order chi connectivity index (χ0) is 51.3. The summed E-state index contributed by atoms with van der Waals surface area (Å²) in [4.78, 5) is 102. The average Bonchev–Trinajstić information content (AvgIpc) is 4.04. The maximum absolute atomic E-state index is 14.2. The molecule has 0 fully saturated rings. The maximum Gasteiger partial charge on any atom is 0.524 e. The number of hydrogen-bond acceptors (Lipinski definition) is 10. The molecule has 0 spiro atoms. The smallest absolute Gasteiger partial charge is 0.507 e. The van der Waals surface area contributed by atoms with E-state index in [-0.39, 0.29) is 103 Å². The van der Waals surface area contributed by atoms with E-state index >= 15 is 0 Å². The summed E-state index contributed by atoms with van der Waals surface area (Å²) in [6.07, 6.45) is 9.71. The van der Waals surface area contributed by atoms with Gasteiger partial charge in [-0.3, -0.25) is 43.5 Å². The minimum absolute atomic E-state index is 0.0167. The third-order valence-electron chi connectivity index (χ3n) is 12.8. The second-order valence-corrected chi connectivity index (χ2v) is 19.1. The van der Waals surface area contributed by atoms with Gasteiger partial charge in [0.2, 0.25) is 11.8 Å². The number of carbonyl (C=O) groups is 6. The SMILES string of the molecule is COc1c(/C=C/C(=O)N2C[C@@H](CCl)c3c2cc(O)c2ccccc32)ccc(/C=C/C(=O)N2C[C@@H](CCl)c3c2cc(OP(=O)(O)O)c2ccccc32)c1NC(=O)CCNC(=O)CCCCCN1C(=O)C=CC1=O. The average molecular weight is 1040 g/mol. The molecule has 20 heteroatoms. The molecular weight excluding hydrogens is 988 g/mol. The number of carbonyl (C=O) groups excluding carboxylic acids is 6. The number of fused-ring (bicyclic) bond motifs is 6. The van der Waals surface area contributed by atoms with Crippen LogP contribution in [0.15, 0.2) is 97.1 Å². The van der Waals surface area contributed by atoms with Crippen LogP contribution >= 0.6 is 31.0 Å². The summed E-state index contributed by atoms with van der Waals surface area (Å²) in [6.45, 7) is 0.653. The molecule has 72 heavy (non-hydrogen) atoms. The summed E-state index contributed by atoms with van der Waals surface area (Å²) >= 11 is 12.9. The molecule has 0 saturated heterocycles. The standard InChI is InChI=1S/C52H50Cl2N5O12P/c1-70-52-32(17-19-48(66)58-29-33(27-53)49-37-11-6-4-9-35(37)41(60)25-39(49)58)15-14-31(51(52)56-44(62)22-23-55-43(61)13-3-2-8-24-57-45(63)20-21-46(57)64)16-18-47(65)59-30-34(28-54)50-38-12-7-5-10-36(38)42(26-40(50)59)71-72(67,68)69/h4-7,9-12,14-21,25-26,33-34,60H,2-3,8,13,22-24,27-30H2,1H3,(H,55,61)(H,56,62)(H2,67,68,69)/b18-16+,19-17+/t33-,34-/m1/s1. The molecule has 0 aromatic heterocycles. The number of halogens is 2. The topological polar surface area (TPSA) is 232 Å². The van der Waals surface area contributed by atoms with Crippen molar-refractivity contribution in [1.82, 2.24) is 10.2 Å². The first kappa shape index (κ1) is 51.3. The summed E-state index contributed by atoms with van der Waals surface area (Å²) in [5.74, 6) is -2.59. The summed E-state index contributed by atoms with van der Waals surface area (Å²) in [6, 6.07) is 20.5. The third-order valence-corrected chi connectivity index (χ3v) is 13.9. The first-order valence-electron chi connectivity index (χ1n) is 23.1. The van der Waals surface area contributed by atoms with Gasteiger partial charge in [-0.2, -0.15) is 0 Å². The first-order chi connectivity index (χ1) is 34.6. The summed E-state index contributed by atoms with van der Waals surface area (Å²) in [5, 5.41) is 19.0. The van der Waals surface area contributed by atoms with Gasteiger partial charge in [0.25, 0.3) is 23.6 Å². The maximum atomic E-state index is 14.2. The Bertz CT molecular complexity index is 3140. The number of methoxy groups -OCH3 is 1. The van der Waals surface area contributed by atoms with E-state index in [2.05, 4.69) is 10.6 Å². The van der Waals surface area contributed by atoms with Crippen LogP contribution in [0.5, 0.6) is 17.2 Å². The Hall–Kier alpha value is -7.01. The highest BCUT2D eigenvalue weighted by Crippen LogP contribution is 2.50. The molecule has 5 aromatic carbocycles. The van der Waals surface area contributed by atoms with Crippen molar-refractivity contribution in [3.05, 3.63) is 119 Å². The van der Waals surface area contributed by atoms with Crippen molar-refractivity contribution in [2.45, 2.75) is 43.9 Å². The molecular formula is C52H50Cl2N5O12P. The summed E-state index contributed by atoms with van der Waals surface area (Å²) < 4.78 is 23.0. The van der Waals surface area contributed by atoms with Crippen LogP contribution in [0.25, 0.3) is 33.7 Å². The number of anilines is 3. The Morgan fingerprint density at radius 3 is 1.89 bits per heavy atom. The lowest BCUT2D eigenvalue weighted by molar-refractivity contribution is -0.137. The van der Waals surface area contributed by atoms with E-state index in [0.717, 1.165) is 15.8 Å². The van der Waals surface area contributed by atoms with Gasteiger partial charge < -0.3 is 34.8 Å². The second kappa shape index (κ2) is 22.2. The Morgan fingerprint density at radius 2 is 1.29 bits per heavy atom. The quantitative estimate of drug-likeness (QED) is 0.0175. The Balaban J connectivity index is 1.03. The van der Waals surface area contributed by atoms with Crippen molar-refractivity contribution < 1.29 is 57.5 Å². The number of phenols is 1. The van der Waals surface area contributed by atoms with Crippen molar-refractivity contribution in [2.75, 3.05) is 60.2 Å². The minimum Gasteiger partial charge on any atom is -0.507 e. The van der Waals surface area contributed by atoms with Gasteiger partial charge in [-0.15, -0.1) is 23.2 Å². The Morgan fingerprint density at radius 1 is 0.736 bits per heavy atom. The number of phosphoric ester groups is 1. The molecule has 8 rings (SSSR count). The number of nitrogens with one attached hydrogen (secondary N) is 2. The lowest BCUT2D eigenvalue weighted by Gasteiger charge is -2.19. The lowest BCUT2D eigenvalue weighted by Crippen LogP contribution is -2.31. The van der Waals surface area contributed by atoms with Gasteiger partial charge in [0.1, 0.15) is 17.2 Å². The van der Waals surface area contributed by atoms with E-state index in [0.29, 0.717) is 63.5 Å². The number of nitrogens with zero attached hydrogens (tertiary/aromatic N) is 3. The fraction of sp³-hybridized carbons (Fsp3) is 0.269. The molecule has 3 aliphatic heterocycles. The molecule has 5 aromatic rings. The molecule has 3 heterocycles. The number of imide groups is 1. The molecule has 6 amide bonds. The monoisotopic (exact) mass is 1040 g/mol. The van der Waals surface area contributed by atoms with Gasteiger partial charge in [-0.25, -0.2) is 4.57 Å². The normalized spacial score (nSPS) is 16.4. The van der Waals surface area contributed by atoms with Crippen LogP contribution in [0.1, 0.15) is 66.2 Å². The van der Waals surface area contributed by atoms with Crippen LogP contribution in [0, 0.1) is 0 Å². The Labute approximate surface area is 423 Å². The lowest BCUT2D eigenvalue weighted by atomic mass is 9.95. The zero-order valence-corrected chi connectivity index (χ0v) is 41.3. The molecule has 0 unspecified atom stereocenters. The van der Waals surface area contributed by atoms with E-state index in [1.54, 1.807) is 53.4 Å². The number of amides is 6. The number of phenolic OH excluding ortho intramolecular Hbond substituents is 1. The van der Waals surface area contributed by atoms with Gasteiger partial charge in [-0.05, 0) is 46.9 Å². The number of aromatic hydroxyl groups is 1. The number of unbranched alkanes of at least 4 members (excludes halogenated alkanes) is 2. The van der Waals surface area contributed by atoms with E-state index in [4.69, 9.17) is 32.5 Å². The minimum atomic E-state index is -5.00. The number of benzene rings is 5. The van der Waals surface area contributed by atoms with Gasteiger partial charge in [0.15, 0.2) is 0 Å². The fourth-order valence-corrected chi connectivity index (χ4v) is 10.3. The van der Waals surface area contributed by atoms with Crippen molar-refractivity contribution in [3.8, 4) is 17.2 Å². The van der Waals surface area contributed by atoms with Gasteiger partial charge >= 0.3 is 7.82 Å². The van der Waals surface area contributed by atoms with Gasteiger partial charge in [0.05, 0.1) is 24.2 Å². The predicted octanol–water partition coefficient (Wildman–Crippen LogP) is 7.87. The number of alkyl halides is 2. The molecule has 17 nitrogen and oxygen atoms in total. The molecule has 5 N–H and O–H groups in total. The van der Waals surface area contributed by atoms with E-state index in [9.17, 15) is 48.2 Å². The number of hydrogen-bond donors (Lipinski definition) is 5. The summed E-state index contributed by atoms with van der Waals surface area (Å²) in [7, 11) is -3.62. The fourth-order valence-electron chi connectivity index (χ4n) is 9.44. The van der Waals surface area contributed by atoms with Crippen molar-refractivity contribution in [3.63, 3.8) is 0 Å². The number of phosphoric acid groups is 1. The second-order valence-electron chi connectivity index (χ2n) is 17.3. The van der Waals surface area contributed by atoms with Gasteiger partial charge in [0, 0.05) is 121 Å². The largest absolute Gasteiger partial charge is 0.524 e. The highest BCUT2D eigenvalue weighted by Gasteiger charge is 2.36. The third kappa shape index (κ3) is 11.1. The van der Waals surface area contributed by atoms with Gasteiger partial charge in [-0.1, -0.05) is 67.1 Å². The van der Waals surface area contributed by atoms with E-state index < -0.39 is 25.5 Å². The number of ether oxygens (including phenoxy) is 1. The highest BCUT2D eigenvalue weighted by atomic mass is 35.5. The molecule has 0 radical (unpaired) electrons. The van der Waals surface area contributed by atoms with Crippen molar-refractivity contribution in [2.24, 2.45) is 0 Å². The zero-order valence-electron chi connectivity index (χ0n) is 38.9. The predicted molar refractivity (Wildman–Crippen MR) is 276 cm³/mol. The summed E-state index contributed by atoms with van der Waals surface area (Å²) in [5.41, 5.74) is 3.30. The molecule has 0 saturated carbocycles. The molecule has 0 aliphatic carbocycles. The van der Waals surface area contributed by atoms with E-state index in [1.807, 2.05) is 18.2 Å². The highest BCUT2D eigenvalue weighted by molar-refractivity contribution is 7.46. The van der Waals surface area contributed by atoms with Crippen LogP contribution in [0.3, 0.4) is 0 Å². The van der Waals surface area contributed by atoms with Crippen molar-refractivity contribution >= 4 is 117 Å². The van der Waals surface area contributed by atoms with Crippen LogP contribution in [-0.2, 0) is 33.3 Å². The van der Waals surface area contributed by atoms with Crippen molar-refractivity contribution in [1.29, 1.82) is 0 Å². The van der Waals surface area contributed by atoms with Crippen LogP contribution < -0.4 is 29.7 Å². The Kier molecular flexibility index (Phi) is 15.8. The molecule has 374 valence electrons. The molecule has 2 atom stereocenters. The van der Waals surface area contributed by atoms with Crippen LogP contribution in [-0.4, -0.2) is 100 Å². The number of rotatable bonds is 19. The van der Waals surface area contributed by atoms with E-state index in [1.165, 1.54) is 54.5 Å². The molecule has 0 bridgehead atoms.